The Kier molecular flexibility index (Phi) is 4.53. The third-order valence-corrected chi connectivity index (χ3v) is 3.64. The maximum Gasteiger partial charge on any atom is 0.218 e. The number of rotatable bonds is 5. The first-order chi connectivity index (χ1) is 10.8. The highest BCUT2D eigenvalue weighted by atomic mass is 16.5. The minimum Gasteiger partial charge on any atom is -0.478 e. The standard InChI is InChI=1S/C15H21N5O2/c1-3-21-14-7-13(16-10-17-14)19-12-5-4-6-22-15(12)11-8-18-20(2)9-11/h7-10,12,15H,3-6H2,1-2H3,(H,16,17,19)/t12-,15+/m0/s1. The van der Waals surface area contributed by atoms with Gasteiger partial charge in [0.25, 0.3) is 0 Å². The van der Waals surface area contributed by atoms with Gasteiger partial charge in [0.05, 0.1) is 18.8 Å². The molecule has 0 aromatic carbocycles. The lowest BCUT2D eigenvalue weighted by molar-refractivity contribution is 0.00551. The molecule has 0 unspecified atom stereocenters. The predicted octanol–water partition coefficient (Wildman–Crippen LogP) is 1.94. The van der Waals surface area contributed by atoms with Crippen LogP contribution >= 0.6 is 0 Å². The second-order valence-electron chi connectivity index (χ2n) is 5.31. The van der Waals surface area contributed by atoms with Crippen LogP contribution in [0.25, 0.3) is 0 Å². The molecule has 7 nitrogen and oxygen atoms in total. The van der Waals surface area contributed by atoms with E-state index in [1.54, 1.807) is 4.68 Å². The summed E-state index contributed by atoms with van der Waals surface area (Å²) >= 11 is 0. The molecule has 118 valence electrons. The fraction of sp³-hybridized carbons (Fsp3) is 0.533. The summed E-state index contributed by atoms with van der Waals surface area (Å²) in [5.41, 5.74) is 1.08. The van der Waals surface area contributed by atoms with Gasteiger partial charge in [0, 0.05) is 31.5 Å². The van der Waals surface area contributed by atoms with Crippen molar-refractivity contribution in [2.24, 2.45) is 7.05 Å². The molecule has 1 aliphatic heterocycles. The van der Waals surface area contributed by atoms with Gasteiger partial charge in [0.15, 0.2) is 0 Å². The molecule has 1 fully saturated rings. The molecule has 2 atom stereocenters. The van der Waals surface area contributed by atoms with Gasteiger partial charge in [-0.3, -0.25) is 4.68 Å². The van der Waals surface area contributed by atoms with E-state index in [0.29, 0.717) is 12.5 Å². The summed E-state index contributed by atoms with van der Waals surface area (Å²) in [6, 6.07) is 1.97. The number of anilines is 1. The average Bonchev–Trinajstić information content (AvgIpc) is 2.95. The highest BCUT2D eigenvalue weighted by Crippen LogP contribution is 2.30. The van der Waals surface area contributed by atoms with E-state index in [9.17, 15) is 0 Å². The second-order valence-corrected chi connectivity index (χ2v) is 5.31. The van der Waals surface area contributed by atoms with Crippen LogP contribution in [-0.4, -0.2) is 39.0 Å². The van der Waals surface area contributed by atoms with Crippen LogP contribution in [0, 0.1) is 0 Å². The van der Waals surface area contributed by atoms with E-state index >= 15 is 0 Å². The normalized spacial score (nSPS) is 21.5. The molecule has 2 aromatic heterocycles. The molecule has 7 heteroatoms. The van der Waals surface area contributed by atoms with Gasteiger partial charge in [-0.05, 0) is 19.8 Å². The Hall–Kier alpha value is -2.15. The zero-order chi connectivity index (χ0) is 15.4. The SMILES string of the molecule is CCOc1cc(N[C@H]2CCCO[C@@H]2c2cnn(C)c2)ncn1. The van der Waals surface area contributed by atoms with Crippen LogP contribution in [0.2, 0.25) is 0 Å². The van der Waals surface area contributed by atoms with E-state index < -0.39 is 0 Å². The molecule has 22 heavy (non-hydrogen) atoms. The van der Waals surface area contributed by atoms with Crippen LogP contribution in [0.4, 0.5) is 5.82 Å². The number of nitrogens with zero attached hydrogens (tertiary/aromatic N) is 4. The topological polar surface area (TPSA) is 74.1 Å². The minimum atomic E-state index is -0.0204. The lowest BCUT2D eigenvalue weighted by Gasteiger charge is -2.32. The second kappa shape index (κ2) is 6.74. The summed E-state index contributed by atoms with van der Waals surface area (Å²) < 4.78 is 13.2. The van der Waals surface area contributed by atoms with Crippen molar-refractivity contribution >= 4 is 5.82 Å². The monoisotopic (exact) mass is 303 g/mol. The molecule has 0 radical (unpaired) electrons. The quantitative estimate of drug-likeness (QED) is 0.910. The summed E-state index contributed by atoms with van der Waals surface area (Å²) in [4.78, 5) is 8.36. The van der Waals surface area contributed by atoms with E-state index in [-0.39, 0.29) is 12.1 Å². The Morgan fingerprint density at radius 3 is 3.14 bits per heavy atom. The molecule has 2 aromatic rings. The van der Waals surface area contributed by atoms with Gasteiger partial charge < -0.3 is 14.8 Å². The van der Waals surface area contributed by atoms with E-state index in [1.165, 1.54) is 6.33 Å². The minimum absolute atomic E-state index is 0.0204. The van der Waals surface area contributed by atoms with Crippen LogP contribution < -0.4 is 10.1 Å². The van der Waals surface area contributed by atoms with Gasteiger partial charge in [0.1, 0.15) is 18.2 Å². The fourth-order valence-corrected chi connectivity index (χ4v) is 2.68. The number of ether oxygens (including phenoxy) is 2. The summed E-state index contributed by atoms with van der Waals surface area (Å²) in [7, 11) is 1.91. The summed E-state index contributed by atoms with van der Waals surface area (Å²) in [5.74, 6) is 1.33. The number of nitrogens with one attached hydrogen (secondary N) is 1. The third-order valence-electron chi connectivity index (χ3n) is 3.64. The largest absolute Gasteiger partial charge is 0.478 e. The average molecular weight is 303 g/mol. The molecular formula is C15H21N5O2. The maximum atomic E-state index is 5.95. The third kappa shape index (κ3) is 3.36. The van der Waals surface area contributed by atoms with Gasteiger partial charge in [-0.15, -0.1) is 0 Å². The van der Waals surface area contributed by atoms with E-state index in [4.69, 9.17) is 9.47 Å². The van der Waals surface area contributed by atoms with Gasteiger partial charge in [-0.25, -0.2) is 9.97 Å². The zero-order valence-corrected chi connectivity index (χ0v) is 12.9. The van der Waals surface area contributed by atoms with E-state index in [0.717, 1.165) is 30.8 Å². The van der Waals surface area contributed by atoms with Gasteiger partial charge >= 0.3 is 0 Å². The Morgan fingerprint density at radius 2 is 2.36 bits per heavy atom. The van der Waals surface area contributed by atoms with Crippen molar-refractivity contribution in [3.8, 4) is 5.88 Å². The van der Waals surface area contributed by atoms with Crippen LogP contribution in [0.15, 0.2) is 24.8 Å². The van der Waals surface area contributed by atoms with Crippen molar-refractivity contribution in [2.45, 2.75) is 31.9 Å². The van der Waals surface area contributed by atoms with Crippen molar-refractivity contribution < 1.29 is 9.47 Å². The molecule has 0 bridgehead atoms. The highest BCUT2D eigenvalue weighted by molar-refractivity contribution is 5.39. The van der Waals surface area contributed by atoms with Crippen LogP contribution in [0.5, 0.6) is 5.88 Å². The van der Waals surface area contributed by atoms with Crippen molar-refractivity contribution in [3.63, 3.8) is 0 Å². The molecule has 3 rings (SSSR count). The number of hydrogen-bond donors (Lipinski definition) is 1. The molecule has 1 aliphatic rings. The highest BCUT2D eigenvalue weighted by Gasteiger charge is 2.28. The number of aromatic nitrogens is 4. The van der Waals surface area contributed by atoms with Crippen LogP contribution in [0.3, 0.4) is 0 Å². The molecule has 0 saturated carbocycles. The smallest absolute Gasteiger partial charge is 0.218 e. The predicted molar refractivity (Wildman–Crippen MR) is 81.7 cm³/mol. The Bertz CT molecular complexity index is 615. The van der Waals surface area contributed by atoms with E-state index in [1.807, 2.05) is 32.4 Å². The lowest BCUT2D eigenvalue weighted by Crippen LogP contribution is -2.33. The van der Waals surface area contributed by atoms with Gasteiger partial charge in [-0.2, -0.15) is 5.10 Å². The van der Waals surface area contributed by atoms with Gasteiger partial charge in [0.2, 0.25) is 5.88 Å². The van der Waals surface area contributed by atoms with Crippen molar-refractivity contribution in [3.05, 3.63) is 30.4 Å². The Labute approximate surface area is 129 Å². The first-order valence-corrected chi connectivity index (χ1v) is 7.58. The molecular weight excluding hydrogens is 282 g/mol. The summed E-state index contributed by atoms with van der Waals surface area (Å²) in [5, 5.41) is 7.68. The lowest BCUT2D eigenvalue weighted by atomic mass is 9.98. The zero-order valence-electron chi connectivity index (χ0n) is 12.9. The number of aryl methyl sites for hydroxylation is 1. The molecule has 0 aliphatic carbocycles. The summed E-state index contributed by atoms with van der Waals surface area (Å²) in [6.45, 7) is 3.29. The maximum absolute atomic E-state index is 5.95. The molecule has 1 N–H and O–H groups in total. The first kappa shape index (κ1) is 14.8. The van der Waals surface area contributed by atoms with E-state index in [2.05, 4.69) is 20.4 Å². The molecule has 0 amide bonds. The first-order valence-electron chi connectivity index (χ1n) is 7.58. The van der Waals surface area contributed by atoms with Crippen molar-refractivity contribution in [1.29, 1.82) is 0 Å². The van der Waals surface area contributed by atoms with Crippen molar-refractivity contribution in [2.75, 3.05) is 18.5 Å². The van der Waals surface area contributed by atoms with Crippen LogP contribution in [0.1, 0.15) is 31.4 Å². The molecule has 3 heterocycles. The Balaban J connectivity index is 1.75. The molecule has 0 spiro atoms. The molecule has 1 saturated heterocycles. The van der Waals surface area contributed by atoms with Gasteiger partial charge in [-0.1, -0.05) is 0 Å². The van der Waals surface area contributed by atoms with Crippen LogP contribution in [-0.2, 0) is 11.8 Å². The Morgan fingerprint density at radius 1 is 1.45 bits per heavy atom. The number of hydrogen-bond acceptors (Lipinski definition) is 6. The fourth-order valence-electron chi connectivity index (χ4n) is 2.68. The summed E-state index contributed by atoms with van der Waals surface area (Å²) in [6.07, 6.45) is 7.39. The van der Waals surface area contributed by atoms with Crippen molar-refractivity contribution in [1.82, 2.24) is 19.7 Å².